The van der Waals surface area contributed by atoms with Crippen LogP contribution in [0.4, 0.5) is 0 Å². The average Bonchev–Trinajstić information content (AvgIpc) is 2.67. The molecular formula is C21H17Cl2NO2. The quantitative estimate of drug-likeness (QED) is 0.607. The molecule has 0 saturated heterocycles. The molecule has 5 heteroatoms. The maximum absolute atomic E-state index is 12.3. The van der Waals surface area contributed by atoms with Gasteiger partial charge in [-0.15, -0.1) is 0 Å². The van der Waals surface area contributed by atoms with Crippen LogP contribution in [0.5, 0.6) is 5.75 Å². The highest BCUT2D eigenvalue weighted by Gasteiger charge is 2.07. The van der Waals surface area contributed by atoms with Crippen LogP contribution in [0.25, 0.3) is 0 Å². The first-order valence-corrected chi connectivity index (χ1v) is 8.86. The van der Waals surface area contributed by atoms with E-state index in [1.165, 1.54) is 0 Å². The van der Waals surface area contributed by atoms with Gasteiger partial charge in [-0.1, -0.05) is 59.6 Å². The molecule has 3 aromatic carbocycles. The maximum atomic E-state index is 12.3. The number of hydrogen-bond donors (Lipinski definition) is 1. The summed E-state index contributed by atoms with van der Waals surface area (Å²) < 4.78 is 5.69. The predicted molar refractivity (Wildman–Crippen MR) is 105 cm³/mol. The molecule has 0 unspecified atom stereocenters. The fourth-order valence-corrected chi connectivity index (χ4v) is 2.85. The lowest BCUT2D eigenvalue weighted by Gasteiger charge is -2.09. The first-order chi connectivity index (χ1) is 12.6. The molecule has 3 rings (SSSR count). The van der Waals surface area contributed by atoms with Crippen molar-refractivity contribution in [1.29, 1.82) is 0 Å². The van der Waals surface area contributed by atoms with Gasteiger partial charge in [0.15, 0.2) is 0 Å². The topological polar surface area (TPSA) is 38.3 Å². The number of rotatable bonds is 6. The second-order valence-electron chi connectivity index (χ2n) is 5.72. The highest BCUT2D eigenvalue weighted by Crippen LogP contribution is 2.21. The second-order valence-corrected chi connectivity index (χ2v) is 6.56. The van der Waals surface area contributed by atoms with Gasteiger partial charge in [-0.05, 0) is 47.5 Å². The Hall–Kier alpha value is -2.49. The Balaban J connectivity index is 1.55. The lowest BCUT2D eigenvalue weighted by atomic mass is 10.1. The van der Waals surface area contributed by atoms with Gasteiger partial charge in [-0.3, -0.25) is 4.79 Å². The Morgan fingerprint density at radius 1 is 0.923 bits per heavy atom. The van der Waals surface area contributed by atoms with E-state index in [1.54, 1.807) is 30.3 Å². The molecule has 0 bridgehead atoms. The van der Waals surface area contributed by atoms with Crippen molar-refractivity contribution in [3.63, 3.8) is 0 Å². The number of carbonyl (C=O) groups excluding carboxylic acids is 1. The Kier molecular flexibility index (Phi) is 6.16. The maximum Gasteiger partial charge on any atom is 0.251 e. The van der Waals surface area contributed by atoms with Crippen molar-refractivity contribution in [3.8, 4) is 5.75 Å². The largest absolute Gasteiger partial charge is 0.489 e. The van der Waals surface area contributed by atoms with E-state index in [0.717, 1.165) is 16.9 Å². The summed E-state index contributed by atoms with van der Waals surface area (Å²) >= 11 is 12.0. The van der Waals surface area contributed by atoms with Crippen LogP contribution in [0.15, 0.2) is 72.8 Å². The van der Waals surface area contributed by atoms with Crippen LogP contribution in [0, 0.1) is 0 Å². The van der Waals surface area contributed by atoms with Gasteiger partial charge < -0.3 is 10.1 Å². The van der Waals surface area contributed by atoms with E-state index in [-0.39, 0.29) is 5.91 Å². The van der Waals surface area contributed by atoms with Crippen molar-refractivity contribution in [2.75, 3.05) is 0 Å². The molecule has 0 aliphatic heterocycles. The molecule has 1 N–H and O–H groups in total. The molecule has 3 aromatic rings. The number of halogens is 2. The van der Waals surface area contributed by atoms with Crippen LogP contribution < -0.4 is 10.1 Å². The van der Waals surface area contributed by atoms with E-state index in [1.807, 2.05) is 42.5 Å². The molecule has 26 heavy (non-hydrogen) atoms. The number of para-hydroxylation sites is 1. The van der Waals surface area contributed by atoms with Crippen LogP contribution in [0.1, 0.15) is 21.5 Å². The summed E-state index contributed by atoms with van der Waals surface area (Å²) in [6.45, 7) is 0.792. The number of carbonyl (C=O) groups is 1. The number of benzene rings is 3. The molecule has 0 heterocycles. The Bertz CT molecular complexity index is 880. The molecule has 0 fully saturated rings. The van der Waals surface area contributed by atoms with Crippen molar-refractivity contribution >= 4 is 29.1 Å². The minimum atomic E-state index is -0.161. The van der Waals surface area contributed by atoms with Gasteiger partial charge >= 0.3 is 0 Å². The van der Waals surface area contributed by atoms with Crippen LogP contribution in [-0.4, -0.2) is 5.91 Å². The molecule has 0 aliphatic rings. The fraction of sp³-hybridized carbons (Fsp3) is 0.0952. The van der Waals surface area contributed by atoms with Crippen LogP contribution in [0.3, 0.4) is 0 Å². The summed E-state index contributed by atoms with van der Waals surface area (Å²) in [6.07, 6.45) is 0. The lowest BCUT2D eigenvalue weighted by Crippen LogP contribution is -2.22. The predicted octanol–water partition coefficient (Wildman–Crippen LogP) is 5.50. The highest BCUT2D eigenvalue weighted by atomic mass is 35.5. The van der Waals surface area contributed by atoms with Crippen LogP contribution >= 0.6 is 23.2 Å². The summed E-state index contributed by atoms with van der Waals surface area (Å²) in [5.74, 6) is 0.653. The molecule has 3 nitrogen and oxygen atoms in total. The third-order valence-electron chi connectivity index (χ3n) is 3.82. The SMILES string of the molecule is O=C(NCc1ccc(Cl)cc1Cl)c1ccc(COc2ccccc2)cc1. The van der Waals surface area contributed by atoms with E-state index in [2.05, 4.69) is 5.32 Å². The number of nitrogens with one attached hydrogen (secondary N) is 1. The molecule has 0 spiro atoms. The summed E-state index contributed by atoms with van der Waals surface area (Å²) in [4.78, 5) is 12.3. The van der Waals surface area contributed by atoms with Gasteiger partial charge in [-0.2, -0.15) is 0 Å². The molecule has 0 aromatic heterocycles. The Labute approximate surface area is 162 Å². The third kappa shape index (κ3) is 5.01. The Morgan fingerprint density at radius 3 is 2.35 bits per heavy atom. The van der Waals surface area contributed by atoms with Gasteiger partial charge in [0.1, 0.15) is 12.4 Å². The van der Waals surface area contributed by atoms with Crippen molar-refractivity contribution in [2.45, 2.75) is 13.2 Å². The summed E-state index contributed by atoms with van der Waals surface area (Å²) in [5, 5.41) is 3.96. The molecular weight excluding hydrogens is 369 g/mol. The Morgan fingerprint density at radius 2 is 1.65 bits per heavy atom. The first kappa shape index (κ1) is 18.3. The molecule has 0 atom stereocenters. The van der Waals surface area contributed by atoms with Crippen LogP contribution in [-0.2, 0) is 13.2 Å². The lowest BCUT2D eigenvalue weighted by molar-refractivity contribution is 0.0951. The zero-order valence-corrected chi connectivity index (χ0v) is 15.4. The smallest absolute Gasteiger partial charge is 0.251 e. The van der Waals surface area contributed by atoms with Gasteiger partial charge in [0, 0.05) is 22.2 Å². The first-order valence-electron chi connectivity index (χ1n) is 8.11. The van der Waals surface area contributed by atoms with E-state index in [4.69, 9.17) is 27.9 Å². The standard InChI is InChI=1S/C21H17Cl2NO2/c22-18-11-10-17(20(23)12-18)13-24-21(25)16-8-6-15(7-9-16)14-26-19-4-2-1-3-5-19/h1-12H,13-14H2,(H,24,25). The van der Waals surface area contributed by atoms with E-state index >= 15 is 0 Å². The number of amides is 1. The molecule has 0 saturated carbocycles. The molecule has 1 amide bonds. The summed E-state index contributed by atoms with van der Waals surface area (Å²) in [5.41, 5.74) is 2.39. The van der Waals surface area contributed by atoms with Gasteiger partial charge in [0.05, 0.1) is 0 Å². The second kappa shape index (κ2) is 8.75. The van der Waals surface area contributed by atoms with Crippen molar-refractivity contribution in [2.24, 2.45) is 0 Å². The molecule has 132 valence electrons. The molecule has 0 radical (unpaired) electrons. The highest BCUT2D eigenvalue weighted by molar-refractivity contribution is 6.35. The normalized spacial score (nSPS) is 10.4. The van der Waals surface area contributed by atoms with E-state index in [0.29, 0.717) is 28.8 Å². The summed E-state index contributed by atoms with van der Waals surface area (Å²) in [6, 6.07) is 22.1. The summed E-state index contributed by atoms with van der Waals surface area (Å²) in [7, 11) is 0. The molecule has 0 aliphatic carbocycles. The van der Waals surface area contributed by atoms with Gasteiger partial charge in [0.2, 0.25) is 0 Å². The zero-order chi connectivity index (χ0) is 18.4. The van der Waals surface area contributed by atoms with E-state index in [9.17, 15) is 4.79 Å². The minimum Gasteiger partial charge on any atom is -0.489 e. The van der Waals surface area contributed by atoms with E-state index < -0.39 is 0 Å². The van der Waals surface area contributed by atoms with Gasteiger partial charge in [0.25, 0.3) is 5.91 Å². The fourth-order valence-electron chi connectivity index (χ4n) is 2.38. The van der Waals surface area contributed by atoms with Crippen molar-refractivity contribution in [3.05, 3.63) is 99.5 Å². The number of ether oxygens (including phenoxy) is 1. The van der Waals surface area contributed by atoms with Crippen LogP contribution in [0.2, 0.25) is 10.0 Å². The van der Waals surface area contributed by atoms with Crippen molar-refractivity contribution in [1.82, 2.24) is 5.32 Å². The number of hydrogen-bond acceptors (Lipinski definition) is 2. The third-order valence-corrected chi connectivity index (χ3v) is 4.41. The van der Waals surface area contributed by atoms with Crippen molar-refractivity contribution < 1.29 is 9.53 Å². The average molecular weight is 386 g/mol. The zero-order valence-electron chi connectivity index (χ0n) is 13.9. The minimum absolute atomic E-state index is 0.161. The monoisotopic (exact) mass is 385 g/mol. The van der Waals surface area contributed by atoms with Gasteiger partial charge in [-0.25, -0.2) is 0 Å².